The van der Waals surface area contributed by atoms with Crippen LogP contribution >= 0.6 is 0 Å². The molecule has 0 aliphatic carbocycles. The van der Waals surface area contributed by atoms with Gasteiger partial charge in [-0.05, 0) is 31.0 Å². The van der Waals surface area contributed by atoms with Crippen LogP contribution in [0.5, 0.6) is 5.75 Å². The minimum Gasteiger partial charge on any atom is -0.494 e. The van der Waals surface area contributed by atoms with Gasteiger partial charge in [0, 0.05) is 17.3 Å². The predicted molar refractivity (Wildman–Crippen MR) is 82.8 cm³/mol. The Morgan fingerprint density at radius 3 is 2.90 bits per heavy atom. The number of hydrogen-bond acceptors (Lipinski definition) is 3. The number of rotatable bonds is 7. The van der Waals surface area contributed by atoms with Crippen LogP contribution in [0.2, 0.25) is 0 Å². The lowest BCUT2D eigenvalue weighted by molar-refractivity contribution is 0.102. The third-order valence-electron chi connectivity index (χ3n) is 2.96. The van der Waals surface area contributed by atoms with Crippen LogP contribution in [-0.4, -0.2) is 22.7 Å². The Morgan fingerprint density at radius 1 is 1.29 bits per heavy atom. The zero-order valence-electron chi connectivity index (χ0n) is 12.5. The fourth-order valence-electron chi connectivity index (χ4n) is 1.96. The number of aromatic nitrogens is 2. The van der Waals surface area contributed by atoms with E-state index in [0.29, 0.717) is 23.7 Å². The fourth-order valence-corrected chi connectivity index (χ4v) is 1.96. The van der Waals surface area contributed by atoms with Crippen molar-refractivity contribution >= 4 is 11.7 Å². The normalized spacial score (nSPS) is 10.4. The Kier molecular flexibility index (Phi) is 5.37. The number of H-pyrrole nitrogens is 1. The number of carbonyl (C=O) groups is 1. The zero-order valence-corrected chi connectivity index (χ0v) is 12.5. The largest absolute Gasteiger partial charge is 0.494 e. The Balaban J connectivity index is 2.01. The van der Waals surface area contributed by atoms with Gasteiger partial charge in [0.05, 0.1) is 6.61 Å². The smallest absolute Gasteiger partial charge is 0.256 e. The molecule has 0 aliphatic rings. The molecule has 0 fully saturated rings. The molecule has 1 heterocycles. The van der Waals surface area contributed by atoms with Gasteiger partial charge in [-0.15, -0.1) is 0 Å². The molecular formula is C16H21N3O2. The van der Waals surface area contributed by atoms with Crippen molar-refractivity contribution < 1.29 is 9.53 Å². The van der Waals surface area contributed by atoms with Gasteiger partial charge in [0.1, 0.15) is 5.75 Å². The van der Waals surface area contributed by atoms with Crippen molar-refractivity contribution in [1.29, 1.82) is 0 Å². The van der Waals surface area contributed by atoms with Gasteiger partial charge in [0.2, 0.25) is 0 Å². The Bertz CT molecular complexity index is 593. The third kappa shape index (κ3) is 4.34. The average molecular weight is 287 g/mol. The van der Waals surface area contributed by atoms with Gasteiger partial charge >= 0.3 is 0 Å². The molecule has 0 aliphatic heterocycles. The molecule has 2 N–H and O–H groups in total. The summed E-state index contributed by atoms with van der Waals surface area (Å²) in [6, 6.07) is 9.02. The van der Waals surface area contributed by atoms with Crippen LogP contribution in [0.4, 0.5) is 5.82 Å². The van der Waals surface area contributed by atoms with Gasteiger partial charge < -0.3 is 10.1 Å². The van der Waals surface area contributed by atoms with Gasteiger partial charge in [-0.1, -0.05) is 26.3 Å². The minimum absolute atomic E-state index is 0.188. The molecule has 0 unspecified atom stereocenters. The van der Waals surface area contributed by atoms with Gasteiger partial charge in [-0.3, -0.25) is 9.89 Å². The van der Waals surface area contributed by atoms with Crippen LogP contribution in [0.1, 0.15) is 42.7 Å². The average Bonchev–Trinajstić information content (AvgIpc) is 2.93. The third-order valence-corrected chi connectivity index (χ3v) is 2.96. The molecule has 0 bridgehead atoms. The molecule has 0 radical (unpaired) electrons. The highest BCUT2D eigenvalue weighted by Crippen LogP contribution is 2.15. The summed E-state index contributed by atoms with van der Waals surface area (Å²) >= 11 is 0. The fraction of sp³-hybridized carbons (Fsp3) is 0.375. The van der Waals surface area contributed by atoms with Crippen LogP contribution in [-0.2, 0) is 6.42 Å². The van der Waals surface area contributed by atoms with Gasteiger partial charge in [-0.25, -0.2) is 0 Å². The first-order valence-corrected chi connectivity index (χ1v) is 7.31. The summed E-state index contributed by atoms with van der Waals surface area (Å²) in [6.07, 6.45) is 2.89. The number of nitrogens with one attached hydrogen (secondary N) is 2. The second-order valence-corrected chi connectivity index (χ2v) is 4.86. The van der Waals surface area contributed by atoms with Crippen LogP contribution in [0.15, 0.2) is 30.3 Å². The summed E-state index contributed by atoms with van der Waals surface area (Å²) in [4.78, 5) is 12.2. The molecule has 5 nitrogen and oxygen atoms in total. The first-order valence-electron chi connectivity index (χ1n) is 7.31. The molecule has 2 aromatic rings. The van der Waals surface area contributed by atoms with E-state index in [0.717, 1.165) is 25.0 Å². The quantitative estimate of drug-likeness (QED) is 0.820. The Labute approximate surface area is 124 Å². The van der Waals surface area contributed by atoms with E-state index < -0.39 is 0 Å². The van der Waals surface area contributed by atoms with Crippen LogP contribution in [0.25, 0.3) is 0 Å². The maximum atomic E-state index is 12.2. The van der Waals surface area contributed by atoms with Crippen molar-refractivity contribution in [2.75, 3.05) is 11.9 Å². The molecule has 21 heavy (non-hydrogen) atoms. The van der Waals surface area contributed by atoms with E-state index in [1.165, 1.54) is 0 Å². The Hall–Kier alpha value is -2.30. The maximum Gasteiger partial charge on any atom is 0.256 e. The summed E-state index contributed by atoms with van der Waals surface area (Å²) in [5.74, 6) is 1.06. The first-order chi connectivity index (χ1) is 10.2. The number of ether oxygens (including phenoxy) is 1. The lowest BCUT2D eigenvalue weighted by atomic mass is 10.2. The second-order valence-electron chi connectivity index (χ2n) is 4.86. The van der Waals surface area contributed by atoms with Crippen molar-refractivity contribution in [2.24, 2.45) is 0 Å². The number of carbonyl (C=O) groups excluding carboxylic acids is 1. The van der Waals surface area contributed by atoms with E-state index in [4.69, 9.17) is 4.74 Å². The number of nitrogens with zero attached hydrogens (tertiary/aromatic N) is 1. The van der Waals surface area contributed by atoms with Crippen LogP contribution in [0, 0.1) is 0 Å². The zero-order chi connectivity index (χ0) is 15.1. The van der Waals surface area contributed by atoms with Gasteiger partial charge in [0.15, 0.2) is 5.82 Å². The van der Waals surface area contributed by atoms with E-state index >= 15 is 0 Å². The predicted octanol–water partition coefficient (Wildman–Crippen LogP) is 3.40. The molecule has 1 aromatic carbocycles. The first kappa shape index (κ1) is 15.1. The molecule has 0 spiro atoms. The topological polar surface area (TPSA) is 67.0 Å². The lowest BCUT2D eigenvalue weighted by Crippen LogP contribution is -2.12. The summed E-state index contributed by atoms with van der Waals surface area (Å²) in [6.45, 7) is 4.79. The number of benzene rings is 1. The standard InChI is InChI=1S/C16H21N3O2/c1-3-6-13-11-15(19-18-13)17-16(20)12-7-5-8-14(10-12)21-9-4-2/h5,7-8,10-11H,3-4,6,9H2,1-2H3,(H2,17,18,19,20). The highest BCUT2D eigenvalue weighted by atomic mass is 16.5. The van der Waals surface area contributed by atoms with Crippen molar-refractivity contribution in [2.45, 2.75) is 33.1 Å². The molecule has 5 heteroatoms. The number of anilines is 1. The summed E-state index contributed by atoms with van der Waals surface area (Å²) < 4.78 is 5.53. The highest BCUT2D eigenvalue weighted by Gasteiger charge is 2.09. The number of amides is 1. The van der Waals surface area contributed by atoms with Crippen molar-refractivity contribution in [3.05, 3.63) is 41.6 Å². The van der Waals surface area contributed by atoms with Crippen molar-refractivity contribution in [3.8, 4) is 5.75 Å². The van der Waals surface area contributed by atoms with Crippen molar-refractivity contribution in [1.82, 2.24) is 10.2 Å². The molecule has 112 valence electrons. The second kappa shape index (κ2) is 7.47. The molecule has 0 saturated heterocycles. The van der Waals surface area contributed by atoms with Gasteiger partial charge in [-0.2, -0.15) is 5.10 Å². The van der Waals surface area contributed by atoms with Crippen molar-refractivity contribution in [3.63, 3.8) is 0 Å². The maximum absolute atomic E-state index is 12.2. The number of aromatic amines is 1. The van der Waals surface area contributed by atoms with E-state index in [1.54, 1.807) is 12.1 Å². The lowest BCUT2D eigenvalue weighted by Gasteiger charge is -2.06. The van der Waals surface area contributed by atoms with Crippen LogP contribution in [0.3, 0.4) is 0 Å². The molecule has 1 amide bonds. The summed E-state index contributed by atoms with van der Waals surface area (Å²) in [7, 11) is 0. The van der Waals surface area contributed by atoms with E-state index in [2.05, 4.69) is 22.4 Å². The van der Waals surface area contributed by atoms with E-state index in [1.807, 2.05) is 25.1 Å². The summed E-state index contributed by atoms with van der Waals surface area (Å²) in [5.41, 5.74) is 1.58. The minimum atomic E-state index is -0.188. The molecular weight excluding hydrogens is 266 g/mol. The highest BCUT2D eigenvalue weighted by molar-refractivity contribution is 6.04. The van der Waals surface area contributed by atoms with E-state index in [9.17, 15) is 4.79 Å². The molecule has 0 atom stereocenters. The SMILES string of the molecule is CCCOc1cccc(C(=O)Nc2cc(CCC)[nH]n2)c1. The van der Waals surface area contributed by atoms with E-state index in [-0.39, 0.29) is 5.91 Å². The summed E-state index contributed by atoms with van der Waals surface area (Å²) in [5, 5.41) is 9.78. The molecule has 2 rings (SSSR count). The molecule has 1 aromatic heterocycles. The number of hydrogen-bond donors (Lipinski definition) is 2. The molecule has 0 saturated carbocycles. The number of aryl methyl sites for hydroxylation is 1. The van der Waals surface area contributed by atoms with Crippen LogP contribution < -0.4 is 10.1 Å². The van der Waals surface area contributed by atoms with Gasteiger partial charge in [0.25, 0.3) is 5.91 Å². The monoisotopic (exact) mass is 287 g/mol. The Morgan fingerprint density at radius 2 is 2.14 bits per heavy atom.